The number of rotatable bonds is 2. The topological polar surface area (TPSA) is 26.3 Å². The predicted octanol–water partition coefficient (Wildman–Crippen LogP) is 1.04. The second kappa shape index (κ2) is 2.75. The van der Waals surface area contributed by atoms with Crippen molar-refractivity contribution in [1.29, 1.82) is 0 Å². The first kappa shape index (κ1) is 9.00. The van der Waals surface area contributed by atoms with Gasteiger partial charge in [-0.25, -0.2) is 9.28 Å². The standard InChI is InChI=1S/C9H14NO2/c1-7(2)9(11)10(3,4)8-5-6-12-8/h5-6,8H,1H2,2-4H3/q+1. The Labute approximate surface area is 72.5 Å². The average molecular weight is 168 g/mol. The summed E-state index contributed by atoms with van der Waals surface area (Å²) in [7, 11) is 3.62. The van der Waals surface area contributed by atoms with Gasteiger partial charge >= 0.3 is 5.91 Å². The molecule has 3 heteroatoms. The van der Waals surface area contributed by atoms with Crippen molar-refractivity contribution >= 4 is 5.91 Å². The van der Waals surface area contributed by atoms with Crippen molar-refractivity contribution in [3.8, 4) is 0 Å². The van der Waals surface area contributed by atoms with E-state index in [0.29, 0.717) is 5.57 Å². The molecule has 1 heterocycles. The van der Waals surface area contributed by atoms with E-state index in [9.17, 15) is 4.79 Å². The SMILES string of the molecule is C=C(C)C(=O)[N+](C)(C)C1C=CO1. The van der Waals surface area contributed by atoms with Crippen LogP contribution in [0.1, 0.15) is 6.92 Å². The molecule has 0 saturated heterocycles. The van der Waals surface area contributed by atoms with Gasteiger partial charge in [-0.15, -0.1) is 0 Å². The monoisotopic (exact) mass is 168 g/mol. The zero-order valence-electron chi connectivity index (χ0n) is 7.70. The summed E-state index contributed by atoms with van der Waals surface area (Å²) in [6.07, 6.45) is 3.31. The highest BCUT2D eigenvalue weighted by atomic mass is 16.5. The molecule has 66 valence electrons. The molecule has 1 rings (SSSR count). The second-order valence-electron chi connectivity index (χ2n) is 3.48. The number of likely N-dealkylation sites (N-methyl/N-ethyl adjacent to an activating group) is 1. The first-order chi connectivity index (χ1) is 5.46. The van der Waals surface area contributed by atoms with Crippen LogP contribution in [0.3, 0.4) is 0 Å². The van der Waals surface area contributed by atoms with Gasteiger partial charge in [0.15, 0.2) is 0 Å². The number of quaternary nitrogens is 1. The van der Waals surface area contributed by atoms with Gasteiger partial charge in [-0.3, -0.25) is 0 Å². The molecule has 1 aliphatic heterocycles. The fraction of sp³-hybridized carbons (Fsp3) is 0.444. The normalized spacial score (nSPS) is 21.1. The van der Waals surface area contributed by atoms with E-state index < -0.39 is 0 Å². The molecule has 0 aromatic carbocycles. The molecule has 0 N–H and O–H groups in total. The molecule has 0 fully saturated rings. The highest BCUT2D eigenvalue weighted by Crippen LogP contribution is 2.19. The lowest BCUT2D eigenvalue weighted by Gasteiger charge is -2.35. The van der Waals surface area contributed by atoms with Crippen LogP contribution in [0.2, 0.25) is 0 Å². The summed E-state index contributed by atoms with van der Waals surface area (Å²) in [6, 6.07) is 0. The van der Waals surface area contributed by atoms with Gasteiger partial charge in [-0.05, 0) is 6.92 Å². The van der Waals surface area contributed by atoms with Crippen molar-refractivity contribution in [3.05, 3.63) is 24.5 Å². The number of carbonyl (C=O) groups is 1. The summed E-state index contributed by atoms with van der Waals surface area (Å²) in [5, 5.41) is 0. The summed E-state index contributed by atoms with van der Waals surface area (Å²) in [5.41, 5.74) is 0.559. The minimum Gasteiger partial charge on any atom is -0.446 e. The van der Waals surface area contributed by atoms with Crippen LogP contribution in [0.5, 0.6) is 0 Å². The van der Waals surface area contributed by atoms with Gasteiger partial charge in [0, 0.05) is 5.57 Å². The summed E-state index contributed by atoms with van der Waals surface area (Å²) in [6.45, 7) is 5.33. The van der Waals surface area contributed by atoms with E-state index >= 15 is 0 Å². The zero-order valence-corrected chi connectivity index (χ0v) is 7.70. The van der Waals surface area contributed by atoms with Gasteiger partial charge in [0.1, 0.15) is 0 Å². The quantitative estimate of drug-likeness (QED) is 0.455. The molecule has 0 radical (unpaired) electrons. The Morgan fingerprint density at radius 2 is 2.08 bits per heavy atom. The summed E-state index contributed by atoms with van der Waals surface area (Å²) >= 11 is 0. The fourth-order valence-electron chi connectivity index (χ4n) is 1.12. The van der Waals surface area contributed by atoms with Crippen LogP contribution >= 0.6 is 0 Å². The van der Waals surface area contributed by atoms with Crippen LogP contribution in [-0.4, -0.2) is 30.7 Å². The van der Waals surface area contributed by atoms with Crippen molar-refractivity contribution in [1.82, 2.24) is 0 Å². The van der Waals surface area contributed by atoms with Crippen molar-refractivity contribution in [2.45, 2.75) is 13.2 Å². The van der Waals surface area contributed by atoms with E-state index in [1.807, 2.05) is 20.2 Å². The van der Waals surface area contributed by atoms with E-state index in [2.05, 4.69) is 6.58 Å². The molecule has 0 bridgehead atoms. The number of hydrogen-bond acceptors (Lipinski definition) is 2. The maximum atomic E-state index is 11.6. The average Bonchev–Trinajstić information content (AvgIpc) is 1.80. The summed E-state index contributed by atoms with van der Waals surface area (Å²) in [5.74, 6) is 0.00403. The highest BCUT2D eigenvalue weighted by molar-refractivity contribution is 5.86. The molecule has 0 aliphatic carbocycles. The minimum atomic E-state index is -0.144. The predicted molar refractivity (Wildman–Crippen MR) is 45.9 cm³/mol. The first-order valence-corrected chi connectivity index (χ1v) is 3.82. The molecule has 1 unspecified atom stereocenters. The minimum absolute atomic E-state index is 0.00403. The Balaban J connectivity index is 2.76. The van der Waals surface area contributed by atoms with E-state index in [4.69, 9.17) is 4.74 Å². The summed E-state index contributed by atoms with van der Waals surface area (Å²) in [4.78, 5) is 11.6. The van der Waals surface area contributed by atoms with Gasteiger partial charge in [0.2, 0.25) is 0 Å². The van der Waals surface area contributed by atoms with E-state index in [1.165, 1.54) is 0 Å². The lowest BCUT2D eigenvalue weighted by atomic mass is 10.2. The van der Waals surface area contributed by atoms with Crippen LogP contribution in [-0.2, 0) is 9.53 Å². The van der Waals surface area contributed by atoms with Crippen molar-refractivity contribution in [2.24, 2.45) is 0 Å². The molecular formula is C9H14NO2+. The number of amides is 1. The molecule has 1 amide bonds. The number of hydrogen-bond donors (Lipinski definition) is 0. The Morgan fingerprint density at radius 3 is 2.33 bits per heavy atom. The second-order valence-corrected chi connectivity index (χ2v) is 3.48. The molecule has 0 aromatic rings. The van der Waals surface area contributed by atoms with Gasteiger partial charge in [0.25, 0.3) is 6.23 Å². The number of ether oxygens (including phenoxy) is 1. The number of nitrogens with zero attached hydrogens (tertiary/aromatic N) is 1. The van der Waals surface area contributed by atoms with Gasteiger partial charge in [0.05, 0.1) is 26.4 Å². The maximum Gasteiger partial charge on any atom is 0.343 e. The molecule has 1 aliphatic rings. The van der Waals surface area contributed by atoms with Crippen LogP contribution in [0, 0.1) is 0 Å². The smallest absolute Gasteiger partial charge is 0.343 e. The number of carbonyl (C=O) groups excluding carboxylic acids is 1. The van der Waals surface area contributed by atoms with Crippen LogP contribution in [0.15, 0.2) is 24.5 Å². The molecule has 12 heavy (non-hydrogen) atoms. The third kappa shape index (κ3) is 1.28. The Bertz CT molecular complexity index is 253. The molecule has 0 spiro atoms. The van der Waals surface area contributed by atoms with E-state index in [-0.39, 0.29) is 16.6 Å². The third-order valence-electron chi connectivity index (χ3n) is 1.99. The van der Waals surface area contributed by atoms with Crippen LogP contribution < -0.4 is 0 Å². The van der Waals surface area contributed by atoms with Crippen molar-refractivity contribution < 1.29 is 14.0 Å². The summed E-state index contributed by atoms with van der Waals surface area (Å²) < 4.78 is 5.28. The van der Waals surface area contributed by atoms with Crippen molar-refractivity contribution in [2.75, 3.05) is 14.1 Å². The fourth-order valence-corrected chi connectivity index (χ4v) is 1.12. The van der Waals surface area contributed by atoms with Gasteiger partial charge in [-0.2, -0.15) is 0 Å². The highest BCUT2D eigenvalue weighted by Gasteiger charge is 2.38. The van der Waals surface area contributed by atoms with Crippen LogP contribution in [0.4, 0.5) is 0 Å². The third-order valence-corrected chi connectivity index (χ3v) is 1.99. The van der Waals surface area contributed by atoms with Gasteiger partial charge < -0.3 is 4.74 Å². The molecule has 0 saturated carbocycles. The largest absolute Gasteiger partial charge is 0.446 e. The van der Waals surface area contributed by atoms with Gasteiger partial charge in [-0.1, -0.05) is 6.58 Å². The lowest BCUT2D eigenvalue weighted by molar-refractivity contribution is -0.858. The lowest BCUT2D eigenvalue weighted by Crippen LogP contribution is -2.55. The Hall–Kier alpha value is -1.09. The Morgan fingerprint density at radius 1 is 1.58 bits per heavy atom. The molecule has 3 nitrogen and oxygen atoms in total. The Kier molecular flexibility index (Phi) is 2.06. The first-order valence-electron chi connectivity index (χ1n) is 3.82. The van der Waals surface area contributed by atoms with E-state index in [0.717, 1.165) is 0 Å². The molecular weight excluding hydrogens is 154 g/mol. The van der Waals surface area contributed by atoms with Crippen LogP contribution in [0.25, 0.3) is 0 Å². The van der Waals surface area contributed by atoms with Crippen molar-refractivity contribution in [3.63, 3.8) is 0 Å². The molecule has 1 atom stereocenters. The maximum absolute atomic E-state index is 11.6. The zero-order chi connectivity index (χ0) is 9.35. The van der Waals surface area contributed by atoms with E-state index in [1.54, 1.807) is 13.2 Å². The molecule has 0 aromatic heterocycles.